The van der Waals surface area contributed by atoms with Crippen LogP contribution in [0.5, 0.6) is 0 Å². The van der Waals surface area contributed by atoms with Crippen LogP contribution in [-0.2, 0) is 11.3 Å². The number of esters is 1. The molecule has 2 N–H and O–H groups in total. The van der Waals surface area contributed by atoms with Crippen LogP contribution >= 0.6 is 0 Å². The number of carbonyl (C=O) groups excluding carboxylic acids is 1. The number of nitrogen functional groups attached to an aromatic ring is 1. The first-order chi connectivity index (χ1) is 10.2. The van der Waals surface area contributed by atoms with Crippen molar-refractivity contribution >= 4 is 17.5 Å². The van der Waals surface area contributed by atoms with Crippen LogP contribution in [0.25, 0.3) is 0 Å². The van der Waals surface area contributed by atoms with Crippen molar-refractivity contribution in [2.24, 2.45) is 0 Å². The standard InChI is InChI=1S/C16H19N3O2/c1-3-19(11-13-6-4-5-7-14(13)17)15-10-12(8-9-18-15)16(20)21-2/h4-10H,3,11,17H2,1-2H3. The number of carbonyl (C=O) groups is 1. The third-order valence-electron chi connectivity index (χ3n) is 3.29. The number of ether oxygens (including phenoxy) is 1. The van der Waals surface area contributed by atoms with Crippen LogP contribution in [0.1, 0.15) is 22.8 Å². The van der Waals surface area contributed by atoms with Gasteiger partial charge in [-0.1, -0.05) is 18.2 Å². The minimum absolute atomic E-state index is 0.367. The van der Waals surface area contributed by atoms with Gasteiger partial charge in [-0.05, 0) is 30.7 Å². The Labute approximate surface area is 124 Å². The molecule has 0 amide bonds. The molecule has 0 aliphatic rings. The summed E-state index contributed by atoms with van der Waals surface area (Å²) in [5.41, 5.74) is 8.25. The first kappa shape index (κ1) is 14.8. The van der Waals surface area contributed by atoms with E-state index >= 15 is 0 Å². The fourth-order valence-corrected chi connectivity index (χ4v) is 2.07. The Morgan fingerprint density at radius 3 is 2.76 bits per heavy atom. The Hall–Kier alpha value is -2.56. The van der Waals surface area contributed by atoms with Gasteiger partial charge in [0.1, 0.15) is 5.82 Å². The smallest absolute Gasteiger partial charge is 0.338 e. The SMILES string of the molecule is CCN(Cc1ccccc1N)c1cc(C(=O)OC)ccn1. The summed E-state index contributed by atoms with van der Waals surface area (Å²) in [5.74, 6) is 0.359. The molecule has 0 spiro atoms. The van der Waals surface area contributed by atoms with Crippen LogP contribution in [0.4, 0.5) is 11.5 Å². The first-order valence-corrected chi connectivity index (χ1v) is 6.78. The molecule has 0 fully saturated rings. The number of aromatic nitrogens is 1. The lowest BCUT2D eigenvalue weighted by Gasteiger charge is -2.23. The number of benzene rings is 1. The molecule has 0 atom stereocenters. The van der Waals surface area contributed by atoms with Crippen molar-refractivity contribution in [1.82, 2.24) is 4.98 Å². The molecule has 0 saturated heterocycles. The van der Waals surface area contributed by atoms with E-state index in [0.717, 1.165) is 23.6 Å². The molecule has 2 rings (SSSR count). The summed E-state index contributed by atoms with van der Waals surface area (Å²) in [4.78, 5) is 18.0. The quantitative estimate of drug-likeness (QED) is 0.675. The Morgan fingerprint density at radius 1 is 1.33 bits per heavy atom. The van der Waals surface area contributed by atoms with E-state index in [-0.39, 0.29) is 5.97 Å². The third kappa shape index (κ3) is 3.51. The topological polar surface area (TPSA) is 68.5 Å². The minimum atomic E-state index is -0.367. The molecule has 0 aliphatic carbocycles. The van der Waals surface area contributed by atoms with Crippen LogP contribution in [0.15, 0.2) is 42.6 Å². The monoisotopic (exact) mass is 285 g/mol. The molecule has 0 radical (unpaired) electrons. The second-order valence-electron chi connectivity index (χ2n) is 4.61. The van der Waals surface area contributed by atoms with Crippen LogP contribution in [0.3, 0.4) is 0 Å². The zero-order chi connectivity index (χ0) is 15.2. The van der Waals surface area contributed by atoms with E-state index in [4.69, 9.17) is 10.5 Å². The van der Waals surface area contributed by atoms with Crippen molar-refractivity contribution in [1.29, 1.82) is 0 Å². The Morgan fingerprint density at radius 2 is 2.10 bits per heavy atom. The lowest BCUT2D eigenvalue weighted by Crippen LogP contribution is -2.24. The van der Waals surface area contributed by atoms with E-state index < -0.39 is 0 Å². The van der Waals surface area contributed by atoms with Gasteiger partial charge in [-0.25, -0.2) is 9.78 Å². The van der Waals surface area contributed by atoms with Crippen LogP contribution in [0, 0.1) is 0 Å². The molecule has 5 heteroatoms. The maximum absolute atomic E-state index is 11.6. The van der Waals surface area contributed by atoms with Crippen LogP contribution in [0.2, 0.25) is 0 Å². The zero-order valence-corrected chi connectivity index (χ0v) is 12.2. The van der Waals surface area contributed by atoms with Crippen molar-refractivity contribution in [3.05, 3.63) is 53.7 Å². The van der Waals surface area contributed by atoms with Gasteiger partial charge in [0.15, 0.2) is 0 Å². The Kier molecular flexibility index (Phi) is 4.77. The van der Waals surface area contributed by atoms with Crippen LogP contribution < -0.4 is 10.6 Å². The third-order valence-corrected chi connectivity index (χ3v) is 3.29. The second kappa shape index (κ2) is 6.74. The average molecular weight is 285 g/mol. The highest BCUT2D eigenvalue weighted by Crippen LogP contribution is 2.19. The number of methoxy groups -OCH3 is 1. The highest BCUT2D eigenvalue weighted by Gasteiger charge is 2.12. The molecule has 2 aromatic rings. The summed E-state index contributed by atoms with van der Waals surface area (Å²) in [6.45, 7) is 3.43. The molecule has 5 nitrogen and oxygen atoms in total. The number of hydrogen-bond donors (Lipinski definition) is 1. The van der Waals surface area contributed by atoms with Crippen molar-refractivity contribution in [3.8, 4) is 0 Å². The highest BCUT2D eigenvalue weighted by atomic mass is 16.5. The number of nitrogens with zero attached hydrogens (tertiary/aromatic N) is 2. The fraction of sp³-hybridized carbons (Fsp3) is 0.250. The normalized spacial score (nSPS) is 10.2. The van der Waals surface area contributed by atoms with E-state index in [1.165, 1.54) is 7.11 Å². The molecule has 21 heavy (non-hydrogen) atoms. The average Bonchev–Trinajstić information content (AvgIpc) is 2.53. The molecule has 1 aromatic heterocycles. The molecule has 1 aromatic carbocycles. The molecule has 0 unspecified atom stereocenters. The Bertz CT molecular complexity index is 628. The number of hydrogen-bond acceptors (Lipinski definition) is 5. The second-order valence-corrected chi connectivity index (χ2v) is 4.61. The molecule has 0 saturated carbocycles. The zero-order valence-electron chi connectivity index (χ0n) is 12.2. The minimum Gasteiger partial charge on any atom is -0.465 e. The van der Waals surface area contributed by atoms with Crippen molar-refractivity contribution < 1.29 is 9.53 Å². The highest BCUT2D eigenvalue weighted by molar-refractivity contribution is 5.90. The summed E-state index contributed by atoms with van der Waals surface area (Å²) < 4.78 is 4.74. The number of para-hydroxylation sites is 1. The Balaban J connectivity index is 2.25. The number of anilines is 2. The van der Waals surface area contributed by atoms with Gasteiger partial charge in [0.25, 0.3) is 0 Å². The molecule has 1 heterocycles. The summed E-state index contributed by atoms with van der Waals surface area (Å²) in [6.07, 6.45) is 1.61. The predicted molar refractivity (Wildman–Crippen MR) is 83.2 cm³/mol. The van der Waals surface area contributed by atoms with E-state index in [1.54, 1.807) is 18.3 Å². The van der Waals surface area contributed by atoms with Gasteiger partial charge >= 0.3 is 5.97 Å². The predicted octanol–water partition coefficient (Wildman–Crippen LogP) is 2.48. The van der Waals surface area contributed by atoms with Crippen molar-refractivity contribution in [2.75, 3.05) is 24.3 Å². The number of rotatable bonds is 5. The van der Waals surface area contributed by atoms with Gasteiger partial charge < -0.3 is 15.4 Å². The molecule has 0 bridgehead atoms. The van der Waals surface area contributed by atoms with Crippen molar-refractivity contribution in [3.63, 3.8) is 0 Å². The van der Waals surface area contributed by atoms with Gasteiger partial charge in [0.2, 0.25) is 0 Å². The van der Waals surface area contributed by atoms with Crippen molar-refractivity contribution in [2.45, 2.75) is 13.5 Å². The van der Waals surface area contributed by atoms with E-state index in [0.29, 0.717) is 12.1 Å². The maximum atomic E-state index is 11.6. The maximum Gasteiger partial charge on any atom is 0.338 e. The summed E-state index contributed by atoms with van der Waals surface area (Å²) in [5, 5.41) is 0. The van der Waals surface area contributed by atoms with E-state index in [1.807, 2.05) is 31.2 Å². The number of nitrogens with two attached hydrogens (primary N) is 1. The van der Waals surface area contributed by atoms with Gasteiger partial charge in [-0.15, -0.1) is 0 Å². The largest absolute Gasteiger partial charge is 0.465 e. The molecular formula is C16H19N3O2. The van der Waals surface area contributed by atoms with Crippen LogP contribution in [-0.4, -0.2) is 24.6 Å². The van der Waals surface area contributed by atoms with Gasteiger partial charge in [-0.2, -0.15) is 0 Å². The van der Waals surface area contributed by atoms with Gasteiger partial charge in [0, 0.05) is 25.0 Å². The number of pyridine rings is 1. The van der Waals surface area contributed by atoms with E-state index in [2.05, 4.69) is 9.88 Å². The summed E-state index contributed by atoms with van der Waals surface area (Å²) >= 11 is 0. The molecule has 110 valence electrons. The molecular weight excluding hydrogens is 266 g/mol. The lowest BCUT2D eigenvalue weighted by molar-refractivity contribution is 0.0600. The first-order valence-electron chi connectivity index (χ1n) is 6.78. The summed E-state index contributed by atoms with van der Waals surface area (Å²) in [6, 6.07) is 11.1. The lowest BCUT2D eigenvalue weighted by atomic mass is 10.1. The van der Waals surface area contributed by atoms with E-state index in [9.17, 15) is 4.79 Å². The van der Waals surface area contributed by atoms with Gasteiger partial charge in [0.05, 0.1) is 12.7 Å². The summed E-state index contributed by atoms with van der Waals surface area (Å²) in [7, 11) is 1.37. The fourth-order valence-electron chi connectivity index (χ4n) is 2.07. The van der Waals surface area contributed by atoms with Gasteiger partial charge in [-0.3, -0.25) is 0 Å². The molecule has 0 aliphatic heterocycles.